The van der Waals surface area contributed by atoms with Crippen LogP contribution >= 0.6 is 0 Å². The molecule has 4 rings (SSSR count). The lowest BCUT2D eigenvalue weighted by Crippen LogP contribution is -2.53. The summed E-state index contributed by atoms with van der Waals surface area (Å²) in [7, 11) is 0. The van der Waals surface area contributed by atoms with Gasteiger partial charge in [-0.05, 0) is 52.2 Å². The number of aromatic amines is 1. The Morgan fingerprint density at radius 3 is 2.80 bits per heavy atom. The van der Waals surface area contributed by atoms with E-state index in [4.69, 9.17) is 9.47 Å². The van der Waals surface area contributed by atoms with Crippen LogP contribution in [-0.4, -0.2) is 52.2 Å². The first-order valence-electron chi connectivity index (χ1n) is 10.5. The van der Waals surface area contributed by atoms with E-state index in [1.165, 1.54) is 0 Å². The Labute approximate surface area is 176 Å². The summed E-state index contributed by atoms with van der Waals surface area (Å²) in [5, 5.41) is 16.9. The summed E-state index contributed by atoms with van der Waals surface area (Å²) in [5.74, 6) is 1.75. The zero-order valence-electron chi connectivity index (χ0n) is 17.7. The maximum atomic E-state index is 11.8. The average molecular weight is 415 g/mol. The van der Waals surface area contributed by atoms with Gasteiger partial charge < -0.3 is 25.4 Å². The molecule has 3 heterocycles. The molecular weight excluding hydrogens is 384 g/mol. The number of ether oxygens (including phenoxy) is 2. The molecule has 2 fully saturated rings. The number of carbonyl (C=O) groups excluding carboxylic acids is 1. The van der Waals surface area contributed by atoms with E-state index in [-0.39, 0.29) is 23.8 Å². The van der Waals surface area contributed by atoms with E-state index in [2.05, 4.69) is 38.1 Å². The first-order chi connectivity index (χ1) is 14.4. The molecule has 0 spiro atoms. The molecule has 4 N–H and O–H groups in total. The van der Waals surface area contributed by atoms with Crippen molar-refractivity contribution in [1.29, 1.82) is 0 Å². The summed E-state index contributed by atoms with van der Waals surface area (Å²) in [6.07, 6.45) is 4.03. The minimum absolute atomic E-state index is 0.00790. The van der Waals surface area contributed by atoms with Gasteiger partial charge in [0, 0.05) is 23.7 Å². The van der Waals surface area contributed by atoms with Crippen molar-refractivity contribution in [2.24, 2.45) is 0 Å². The first-order valence-corrected chi connectivity index (χ1v) is 10.5. The summed E-state index contributed by atoms with van der Waals surface area (Å²) >= 11 is 0. The lowest BCUT2D eigenvalue weighted by Gasteiger charge is -2.39. The largest absolute Gasteiger partial charge is 0.446 e. The van der Waals surface area contributed by atoms with E-state index in [1.54, 1.807) is 6.20 Å². The van der Waals surface area contributed by atoms with Crippen LogP contribution in [0.4, 0.5) is 22.1 Å². The van der Waals surface area contributed by atoms with Crippen LogP contribution in [0.5, 0.6) is 0 Å². The number of hydrogen-bond acceptors (Lipinski definition) is 7. The molecule has 0 radical (unpaired) electrons. The lowest BCUT2D eigenvalue weighted by atomic mass is 10.0. The zero-order chi connectivity index (χ0) is 21.1. The number of rotatable bonds is 7. The number of nitrogens with zero attached hydrogens (tertiary/aromatic N) is 2. The number of H-pyrrole nitrogens is 1. The quantitative estimate of drug-likeness (QED) is 0.548. The van der Waals surface area contributed by atoms with Crippen molar-refractivity contribution in [2.45, 2.75) is 63.6 Å². The van der Waals surface area contributed by atoms with Crippen LogP contribution in [0.2, 0.25) is 0 Å². The highest BCUT2D eigenvalue weighted by atomic mass is 16.6. The Hall–Kier alpha value is -2.81. The van der Waals surface area contributed by atoms with E-state index in [0.29, 0.717) is 19.1 Å². The van der Waals surface area contributed by atoms with Crippen molar-refractivity contribution in [3.8, 4) is 0 Å². The lowest BCUT2D eigenvalue weighted by molar-refractivity contribution is -0.0318. The Bertz CT molecular complexity index is 862. The number of anilines is 3. The second kappa shape index (κ2) is 8.51. The van der Waals surface area contributed by atoms with Crippen molar-refractivity contribution >= 4 is 23.4 Å². The summed E-state index contributed by atoms with van der Waals surface area (Å²) < 4.78 is 10.8. The average Bonchev–Trinajstić information content (AvgIpc) is 3.31. The number of pyridine rings is 1. The standard InChI is InChI=1S/C21H30N6O3/c1-13(2)23-20(28)30-16-6-4-14(8-16)17-9-19(27-26-17)24-18-7-5-15(10-22-18)25-21(3)11-29-12-21/h5,7,9-10,13-14,16,25H,4,6,8,11-12H2,1-3H3,(H,23,28)(H2,22,24,26,27). The molecule has 2 unspecified atom stereocenters. The van der Waals surface area contributed by atoms with Crippen molar-refractivity contribution in [3.63, 3.8) is 0 Å². The monoisotopic (exact) mass is 414 g/mol. The molecule has 2 aromatic rings. The molecule has 2 aliphatic rings. The Morgan fingerprint density at radius 2 is 2.13 bits per heavy atom. The number of carbonyl (C=O) groups is 1. The Balaban J connectivity index is 1.28. The maximum Gasteiger partial charge on any atom is 0.407 e. The van der Waals surface area contributed by atoms with Gasteiger partial charge in [-0.2, -0.15) is 5.10 Å². The van der Waals surface area contributed by atoms with Gasteiger partial charge in [0.05, 0.1) is 30.6 Å². The van der Waals surface area contributed by atoms with Gasteiger partial charge in [-0.25, -0.2) is 9.78 Å². The molecule has 0 bridgehead atoms. The fourth-order valence-corrected chi connectivity index (χ4v) is 3.86. The summed E-state index contributed by atoms with van der Waals surface area (Å²) in [5.41, 5.74) is 2.00. The van der Waals surface area contributed by atoms with Crippen LogP contribution in [0.15, 0.2) is 24.4 Å². The minimum Gasteiger partial charge on any atom is -0.446 e. The van der Waals surface area contributed by atoms with Gasteiger partial charge in [-0.15, -0.1) is 0 Å². The molecule has 2 aromatic heterocycles. The Morgan fingerprint density at radius 1 is 1.30 bits per heavy atom. The van der Waals surface area contributed by atoms with Crippen LogP contribution < -0.4 is 16.0 Å². The summed E-state index contributed by atoms with van der Waals surface area (Å²) in [6, 6.07) is 5.99. The van der Waals surface area contributed by atoms with E-state index in [9.17, 15) is 4.79 Å². The highest BCUT2D eigenvalue weighted by Gasteiger charge is 2.33. The van der Waals surface area contributed by atoms with Crippen molar-refractivity contribution < 1.29 is 14.3 Å². The molecule has 9 nitrogen and oxygen atoms in total. The third-order valence-corrected chi connectivity index (χ3v) is 5.41. The number of amides is 1. The van der Waals surface area contributed by atoms with Gasteiger partial charge in [0.2, 0.25) is 0 Å². The first kappa shape index (κ1) is 20.5. The van der Waals surface area contributed by atoms with Crippen molar-refractivity contribution in [3.05, 3.63) is 30.1 Å². The van der Waals surface area contributed by atoms with Crippen LogP contribution in [0.25, 0.3) is 0 Å². The molecule has 0 aromatic carbocycles. The van der Waals surface area contributed by atoms with Crippen LogP contribution in [0.1, 0.15) is 51.6 Å². The topological polar surface area (TPSA) is 113 Å². The van der Waals surface area contributed by atoms with Crippen LogP contribution in [-0.2, 0) is 9.47 Å². The molecule has 1 aliphatic carbocycles. The highest BCUT2D eigenvalue weighted by molar-refractivity contribution is 5.67. The van der Waals surface area contributed by atoms with E-state index < -0.39 is 0 Å². The summed E-state index contributed by atoms with van der Waals surface area (Å²) in [6.45, 7) is 7.38. The third-order valence-electron chi connectivity index (χ3n) is 5.41. The smallest absolute Gasteiger partial charge is 0.407 e. The molecule has 2 atom stereocenters. The van der Waals surface area contributed by atoms with E-state index in [0.717, 1.165) is 42.3 Å². The molecular formula is C21H30N6O3. The second-order valence-corrected chi connectivity index (χ2v) is 8.78. The molecule has 1 amide bonds. The number of alkyl carbamates (subject to hydrolysis) is 1. The predicted molar refractivity (Wildman–Crippen MR) is 114 cm³/mol. The highest BCUT2D eigenvalue weighted by Crippen LogP contribution is 2.36. The fraction of sp³-hybridized carbons (Fsp3) is 0.571. The minimum atomic E-state index is -0.342. The Kier molecular flexibility index (Phi) is 5.80. The SMILES string of the molecule is CC(C)NC(=O)OC1CCC(c2cc(Nc3ccc(NC4(C)COC4)cn3)n[nH]2)C1. The molecule has 1 aliphatic heterocycles. The third kappa shape index (κ3) is 5.02. The van der Waals surface area contributed by atoms with Gasteiger partial charge >= 0.3 is 6.09 Å². The van der Waals surface area contributed by atoms with Gasteiger partial charge in [-0.3, -0.25) is 5.10 Å². The molecule has 1 saturated heterocycles. The van der Waals surface area contributed by atoms with Gasteiger partial charge in [0.15, 0.2) is 5.82 Å². The second-order valence-electron chi connectivity index (χ2n) is 8.78. The van der Waals surface area contributed by atoms with E-state index in [1.807, 2.05) is 32.0 Å². The molecule has 162 valence electrons. The van der Waals surface area contributed by atoms with Gasteiger partial charge in [0.25, 0.3) is 0 Å². The number of nitrogens with one attached hydrogen (secondary N) is 4. The zero-order valence-corrected chi connectivity index (χ0v) is 17.7. The molecule has 1 saturated carbocycles. The summed E-state index contributed by atoms with van der Waals surface area (Å²) in [4.78, 5) is 16.3. The van der Waals surface area contributed by atoms with Crippen molar-refractivity contribution in [1.82, 2.24) is 20.5 Å². The van der Waals surface area contributed by atoms with Gasteiger partial charge in [-0.1, -0.05) is 0 Å². The predicted octanol–water partition coefficient (Wildman–Crippen LogP) is 3.52. The number of aromatic nitrogens is 3. The van der Waals surface area contributed by atoms with Gasteiger partial charge in [0.1, 0.15) is 11.9 Å². The normalized spacial score (nSPS) is 22.4. The van der Waals surface area contributed by atoms with Crippen LogP contribution in [0.3, 0.4) is 0 Å². The number of hydrogen-bond donors (Lipinski definition) is 4. The molecule has 30 heavy (non-hydrogen) atoms. The maximum absolute atomic E-state index is 11.8. The fourth-order valence-electron chi connectivity index (χ4n) is 3.86. The van der Waals surface area contributed by atoms with E-state index >= 15 is 0 Å². The molecule has 9 heteroatoms. The van der Waals surface area contributed by atoms with Crippen LogP contribution in [0, 0.1) is 0 Å². The van der Waals surface area contributed by atoms with Crippen molar-refractivity contribution in [2.75, 3.05) is 23.8 Å².